The van der Waals surface area contributed by atoms with Gasteiger partial charge in [0.05, 0.1) is 4.88 Å². The number of thiophene rings is 1. The highest BCUT2D eigenvalue weighted by molar-refractivity contribution is 7.12. The summed E-state index contributed by atoms with van der Waals surface area (Å²) < 4.78 is 0. The first-order valence-electron chi connectivity index (χ1n) is 8.99. The zero-order chi connectivity index (χ0) is 17.8. The number of nitrogens with one attached hydrogen (secondary N) is 1. The van der Waals surface area contributed by atoms with Crippen LogP contribution in [0.1, 0.15) is 21.7 Å². The van der Waals surface area contributed by atoms with Gasteiger partial charge in [0.15, 0.2) is 0 Å². The molecule has 0 spiro atoms. The van der Waals surface area contributed by atoms with Crippen molar-refractivity contribution in [1.82, 2.24) is 10.2 Å². The van der Waals surface area contributed by atoms with Gasteiger partial charge in [-0.2, -0.15) is 0 Å². The van der Waals surface area contributed by atoms with Crippen LogP contribution < -0.4 is 5.32 Å². The molecule has 3 aromatic rings. The van der Waals surface area contributed by atoms with Crippen LogP contribution in [0.25, 0.3) is 11.1 Å². The van der Waals surface area contributed by atoms with Crippen molar-refractivity contribution in [1.29, 1.82) is 0 Å². The lowest BCUT2D eigenvalue weighted by molar-refractivity contribution is 0.0942. The average molecular weight is 362 g/mol. The van der Waals surface area contributed by atoms with Gasteiger partial charge in [-0.25, -0.2) is 0 Å². The molecule has 3 nitrogen and oxygen atoms in total. The number of rotatable bonds is 5. The van der Waals surface area contributed by atoms with Gasteiger partial charge in [0, 0.05) is 31.2 Å². The molecule has 26 heavy (non-hydrogen) atoms. The summed E-state index contributed by atoms with van der Waals surface area (Å²) in [5.41, 5.74) is 3.44. The Bertz CT molecular complexity index is 860. The summed E-state index contributed by atoms with van der Waals surface area (Å²) in [6.45, 7) is 2.88. The molecule has 4 heteroatoms. The van der Waals surface area contributed by atoms with Crippen molar-refractivity contribution >= 4 is 17.2 Å². The molecule has 1 unspecified atom stereocenters. The fourth-order valence-corrected chi connectivity index (χ4v) is 4.34. The molecule has 1 aliphatic heterocycles. The van der Waals surface area contributed by atoms with Crippen molar-refractivity contribution in [2.75, 3.05) is 13.1 Å². The molecule has 0 bridgehead atoms. The Hall–Kier alpha value is -2.43. The van der Waals surface area contributed by atoms with E-state index in [-0.39, 0.29) is 11.9 Å². The Kier molecular flexibility index (Phi) is 5.14. The summed E-state index contributed by atoms with van der Waals surface area (Å²) in [7, 11) is 0. The van der Waals surface area contributed by atoms with Crippen molar-refractivity contribution in [3.05, 3.63) is 82.6 Å². The molecule has 1 saturated heterocycles. The Morgan fingerprint density at radius 1 is 1.04 bits per heavy atom. The zero-order valence-corrected chi connectivity index (χ0v) is 15.4. The third-order valence-electron chi connectivity index (χ3n) is 4.81. The topological polar surface area (TPSA) is 32.3 Å². The molecule has 1 aromatic heterocycles. The van der Waals surface area contributed by atoms with E-state index in [2.05, 4.69) is 46.6 Å². The van der Waals surface area contributed by atoms with Gasteiger partial charge in [-0.15, -0.1) is 11.3 Å². The van der Waals surface area contributed by atoms with Crippen LogP contribution in [-0.4, -0.2) is 29.9 Å². The van der Waals surface area contributed by atoms with Crippen LogP contribution in [0.3, 0.4) is 0 Å². The predicted molar refractivity (Wildman–Crippen MR) is 107 cm³/mol. The minimum Gasteiger partial charge on any atom is -0.347 e. The lowest BCUT2D eigenvalue weighted by Gasteiger charge is -2.17. The van der Waals surface area contributed by atoms with Crippen LogP contribution in [0.2, 0.25) is 0 Å². The van der Waals surface area contributed by atoms with Gasteiger partial charge in [0.2, 0.25) is 0 Å². The van der Waals surface area contributed by atoms with E-state index in [0.717, 1.165) is 42.1 Å². The van der Waals surface area contributed by atoms with Gasteiger partial charge in [-0.1, -0.05) is 60.7 Å². The van der Waals surface area contributed by atoms with Crippen molar-refractivity contribution < 1.29 is 4.79 Å². The number of benzene rings is 2. The molecule has 0 radical (unpaired) electrons. The molecule has 0 saturated carbocycles. The average Bonchev–Trinajstić information content (AvgIpc) is 3.33. The van der Waals surface area contributed by atoms with Crippen LogP contribution in [0.5, 0.6) is 0 Å². The third kappa shape index (κ3) is 3.87. The monoisotopic (exact) mass is 362 g/mol. The summed E-state index contributed by atoms with van der Waals surface area (Å²) in [6, 6.07) is 22.9. The predicted octanol–water partition coefficient (Wildman–Crippen LogP) is 4.42. The van der Waals surface area contributed by atoms with Crippen molar-refractivity contribution in [3.8, 4) is 11.1 Å². The summed E-state index contributed by atoms with van der Waals surface area (Å²) in [6.07, 6.45) is 1.00. The minimum absolute atomic E-state index is 0.0467. The highest BCUT2D eigenvalue weighted by Gasteiger charge is 2.25. The Balaban J connectivity index is 1.38. The first-order valence-corrected chi connectivity index (χ1v) is 9.87. The van der Waals surface area contributed by atoms with Crippen molar-refractivity contribution in [2.45, 2.75) is 19.0 Å². The minimum atomic E-state index is 0.0467. The van der Waals surface area contributed by atoms with Gasteiger partial charge in [-0.05, 0) is 29.0 Å². The maximum Gasteiger partial charge on any atom is 0.262 e. The maximum atomic E-state index is 12.8. The normalized spacial score (nSPS) is 17.3. The fraction of sp³-hybridized carbons (Fsp3) is 0.227. The second-order valence-electron chi connectivity index (χ2n) is 6.71. The largest absolute Gasteiger partial charge is 0.347 e. The Morgan fingerprint density at radius 3 is 2.54 bits per heavy atom. The van der Waals surface area contributed by atoms with E-state index in [1.165, 1.54) is 16.9 Å². The number of hydrogen-bond acceptors (Lipinski definition) is 3. The molecule has 132 valence electrons. The Labute approximate surface area is 158 Å². The molecule has 1 amide bonds. The van der Waals surface area contributed by atoms with Gasteiger partial charge in [0.1, 0.15) is 0 Å². The molecule has 2 heterocycles. The SMILES string of the molecule is O=C(NC1CCN(Cc2ccccc2)C1)c1sccc1-c1ccccc1. The molecular formula is C22H22N2OS. The third-order valence-corrected chi connectivity index (χ3v) is 5.73. The van der Waals surface area contributed by atoms with E-state index in [1.54, 1.807) is 0 Å². The van der Waals surface area contributed by atoms with Crippen LogP contribution in [-0.2, 0) is 6.54 Å². The summed E-state index contributed by atoms with van der Waals surface area (Å²) in [4.78, 5) is 16.0. The molecule has 1 fully saturated rings. The summed E-state index contributed by atoms with van der Waals surface area (Å²) in [5.74, 6) is 0.0467. The molecular weight excluding hydrogens is 340 g/mol. The van der Waals surface area contributed by atoms with Crippen LogP contribution in [0.4, 0.5) is 0 Å². The highest BCUT2D eigenvalue weighted by Crippen LogP contribution is 2.28. The molecule has 1 aliphatic rings. The van der Waals surface area contributed by atoms with Crippen LogP contribution in [0, 0.1) is 0 Å². The molecule has 4 rings (SSSR count). The molecule has 1 N–H and O–H groups in total. The van der Waals surface area contributed by atoms with E-state index in [0.29, 0.717) is 0 Å². The van der Waals surface area contributed by atoms with Crippen LogP contribution in [0.15, 0.2) is 72.1 Å². The van der Waals surface area contributed by atoms with Gasteiger partial charge in [-0.3, -0.25) is 9.69 Å². The van der Waals surface area contributed by atoms with Crippen molar-refractivity contribution in [2.24, 2.45) is 0 Å². The molecule has 2 aromatic carbocycles. The highest BCUT2D eigenvalue weighted by atomic mass is 32.1. The molecule has 0 aliphatic carbocycles. The standard InChI is InChI=1S/C22H22N2OS/c25-22(21-20(12-14-26-21)18-9-5-2-6-10-18)23-19-11-13-24(16-19)15-17-7-3-1-4-8-17/h1-10,12,14,19H,11,13,15-16H2,(H,23,25). The van der Waals surface area contributed by atoms with Crippen LogP contribution >= 0.6 is 11.3 Å². The van der Waals surface area contributed by atoms with Gasteiger partial charge < -0.3 is 5.32 Å². The van der Waals surface area contributed by atoms with E-state index in [9.17, 15) is 4.79 Å². The number of hydrogen-bond donors (Lipinski definition) is 1. The fourth-order valence-electron chi connectivity index (χ4n) is 3.52. The first kappa shape index (κ1) is 17.0. The summed E-state index contributed by atoms with van der Waals surface area (Å²) in [5, 5.41) is 5.23. The second-order valence-corrected chi connectivity index (χ2v) is 7.63. The summed E-state index contributed by atoms with van der Waals surface area (Å²) >= 11 is 1.51. The smallest absolute Gasteiger partial charge is 0.262 e. The van der Waals surface area contributed by atoms with E-state index in [4.69, 9.17) is 0 Å². The first-order chi connectivity index (χ1) is 12.8. The molecule has 1 atom stereocenters. The number of amides is 1. The van der Waals surface area contributed by atoms with Crippen molar-refractivity contribution in [3.63, 3.8) is 0 Å². The van der Waals surface area contributed by atoms with E-state index < -0.39 is 0 Å². The second kappa shape index (κ2) is 7.85. The lowest BCUT2D eigenvalue weighted by Crippen LogP contribution is -2.36. The van der Waals surface area contributed by atoms with Gasteiger partial charge >= 0.3 is 0 Å². The maximum absolute atomic E-state index is 12.8. The number of nitrogens with zero attached hydrogens (tertiary/aromatic N) is 1. The van der Waals surface area contributed by atoms with E-state index >= 15 is 0 Å². The number of carbonyl (C=O) groups is 1. The van der Waals surface area contributed by atoms with Gasteiger partial charge in [0.25, 0.3) is 5.91 Å². The number of likely N-dealkylation sites (tertiary alicyclic amines) is 1. The number of carbonyl (C=O) groups excluding carboxylic acids is 1. The Morgan fingerprint density at radius 2 is 1.77 bits per heavy atom. The quantitative estimate of drug-likeness (QED) is 0.729. The lowest BCUT2D eigenvalue weighted by atomic mass is 10.1. The van der Waals surface area contributed by atoms with E-state index in [1.807, 2.05) is 35.7 Å². The zero-order valence-electron chi connectivity index (χ0n) is 14.6.